The van der Waals surface area contributed by atoms with E-state index in [0.717, 1.165) is 15.2 Å². The van der Waals surface area contributed by atoms with E-state index < -0.39 is 0 Å². The van der Waals surface area contributed by atoms with E-state index in [1.54, 1.807) is 12.3 Å². The molecule has 0 unspecified atom stereocenters. The summed E-state index contributed by atoms with van der Waals surface area (Å²) in [4.78, 5) is 10.4. The zero-order valence-corrected chi connectivity index (χ0v) is 11.1. The Morgan fingerprint density at radius 1 is 1.41 bits per heavy atom. The van der Waals surface area contributed by atoms with Gasteiger partial charge in [-0.3, -0.25) is 0 Å². The fourth-order valence-corrected chi connectivity index (χ4v) is 2.67. The highest BCUT2D eigenvalue weighted by atomic mass is 32.2. The summed E-state index contributed by atoms with van der Waals surface area (Å²) >= 11 is 2.90. The SMILES string of the molecule is CN(C)c1nnc(Sc2nccc(CN)n2)s1. The number of nitrogens with zero attached hydrogens (tertiary/aromatic N) is 5. The van der Waals surface area contributed by atoms with Gasteiger partial charge in [0, 0.05) is 26.8 Å². The lowest BCUT2D eigenvalue weighted by molar-refractivity contribution is 0.871. The van der Waals surface area contributed by atoms with Crippen LogP contribution in [0, 0.1) is 0 Å². The summed E-state index contributed by atoms with van der Waals surface area (Å²) in [6.07, 6.45) is 1.70. The largest absolute Gasteiger partial charge is 0.353 e. The zero-order valence-electron chi connectivity index (χ0n) is 9.49. The molecule has 0 bridgehead atoms. The molecule has 0 saturated heterocycles. The van der Waals surface area contributed by atoms with Crippen molar-refractivity contribution >= 4 is 28.2 Å². The Balaban J connectivity index is 2.13. The first-order chi connectivity index (χ1) is 8.19. The number of rotatable bonds is 4. The second-order valence-electron chi connectivity index (χ2n) is 3.38. The molecule has 6 nitrogen and oxygen atoms in total. The van der Waals surface area contributed by atoms with E-state index in [9.17, 15) is 0 Å². The summed E-state index contributed by atoms with van der Waals surface area (Å²) in [5.41, 5.74) is 6.34. The van der Waals surface area contributed by atoms with Gasteiger partial charge in [-0.2, -0.15) is 0 Å². The molecule has 2 heterocycles. The maximum Gasteiger partial charge on any atom is 0.208 e. The number of hydrogen-bond donors (Lipinski definition) is 1. The first-order valence-corrected chi connectivity index (χ1v) is 6.53. The molecular weight excluding hydrogens is 256 g/mol. The molecule has 2 rings (SSSR count). The summed E-state index contributed by atoms with van der Waals surface area (Å²) in [6, 6.07) is 1.80. The van der Waals surface area contributed by atoms with Gasteiger partial charge in [0.1, 0.15) is 0 Å². The standard InChI is InChI=1S/C9H12N6S2/c1-15(2)8-13-14-9(17-8)16-7-11-4-3-6(5-10)12-7/h3-4H,5,10H2,1-2H3. The van der Waals surface area contributed by atoms with Crippen LogP contribution in [0.15, 0.2) is 21.8 Å². The summed E-state index contributed by atoms with van der Waals surface area (Å²) in [6.45, 7) is 0.412. The molecule has 0 spiro atoms. The normalized spacial score (nSPS) is 10.5. The third-order valence-corrected chi connectivity index (χ3v) is 3.88. The molecule has 2 N–H and O–H groups in total. The second kappa shape index (κ2) is 5.39. The summed E-state index contributed by atoms with van der Waals surface area (Å²) < 4.78 is 0.822. The van der Waals surface area contributed by atoms with Gasteiger partial charge in [-0.25, -0.2) is 9.97 Å². The van der Waals surface area contributed by atoms with Crippen molar-refractivity contribution < 1.29 is 0 Å². The van der Waals surface area contributed by atoms with Gasteiger partial charge in [-0.15, -0.1) is 10.2 Å². The van der Waals surface area contributed by atoms with Crippen LogP contribution in [0.4, 0.5) is 5.13 Å². The van der Waals surface area contributed by atoms with Crippen molar-refractivity contribution in [2.75, 3.05) is 19.0 Å². The van der Waals surface area contributed by atoms with Gasteiger partial charge in [-0.1, -0.05) is 11.3 Å². The average Bonchev–Trinajstić information content (AvgIpc) is 2.78. The highest BCUT2D eigenvalue weighted by Gasteiger charge is 2.09. The van der Waals surface area contributed by atoms with Crippen LogP contribution in [0.3, 0.4) is 0 Å². The molecule has 8 heteroatoms. The lowest BCUT2D eigenvalue weighted by Gasteiger charge is -2.03. The Labute approximate surface area is 107 Å². The van der Waals surface area contributed by atoms with Gasteiger partial charge < -0.3 is 10.6 Å². The van der Waals surface area contributed by atoms with Crippen LogP contribution in [0.25, 0.3) is 0 Å². The lowest BCUT2D eigenvalue weighted by Crippen LogP contribution is -2.07. The molecule has 17 heavy (non-hydrogen) atoms. The fourth-order valence-electron chi connectivity index (χ4n) is 1.04. The van der Waals surface area contributed by atoms with Crippen molar-refractivity contribution in [1.82, 2.24) is 20.2 Å². The quantitative estimate of drug-likeness (QED) is 0.828. The Kier molecular flexibility index (Phi) is 3.87. The maximum absolute atomic E-state index is 5.52. The summed E-state index contributed by atoms with van der Waals surface area (Å²) in [7, 11) is 3.86. The van der Waals surface area contributed by atoms with Gasteiger partial charge >= 0.3 is 0 Å². The van der Waals surface area contributed by atoms with Crippen molar-refractivity contribution in [1.29, 1.82) is 0 Å². The van der Waals surface area contributed by atoms with E-state index in [1.807, 2.05) is 19.0 Å². The Hall–Kier alpha value is -1.25. The Morgan fingerprint density at radius 2 is 2.24 bits per heavy atom. The molecule has 2 aromatic rings. The molecular formula is C9H12N6S2. The first kappa shape index (κ1) is 12.2. The maximum atomic E-state index is 5.52. The third-order valence-electron chi connectivity index (χ3n) is 1.86. The van der Waals surface area contributed by atoms with Crippen molar-refractivity contribution in [3.8, 4) is 0 Å². The van der Waals surface area contributed by atoms with Crippen LogP contribution in [0.2, 0.25) is 0 Å². The number of nitrogens with two attached hydrogens (primary N) is 1. The number of hydrogen-bond acceptors (Lipinski definition) is 8. The highest BCUT2D eigenvalue weighted by Crippen LogP contribution is 2.30. The van der Waals surface area contributed by atoms with Crippen LogP contribution in [0.1, 0.15) is 5.69 Å². The Morgan fingerprint density at radius 3 is 2.88 bits per heavy atom. The first-order valence-electron chi connectivity index (χ1n) is 4.89. The van der Waals surface area contributed by atoms with Gasteiger partial charge in [0.15, 0.2) is 9.50 Å². The molecule has 0 fully saturated rings. The lowest BCUT2D eigenvalue weighted by atomic mass is 10.4. The molecule has 0 aliphatic rings. The predicted octanol–water partition coefficient (Wildman–Crippen LogP) is 1.00. The number of aromatic nitrogens is 4. The molecule has 2 aromatic heterocycles. The van der Waals surface area contributed by atoms with E-state index in [1.165, 1.54) is 23.1 Å². The van der Waals surface area contributed by atoms with Gasteiger partial charge in [0.25, 0.3) is 0 Å². The van der Waals surface area contributed by atoms with E-state index in [0.29, 0.717) is 11.7 Å². The highest BCUT2D eigenvalue weighted by molar-refractivity contribution is 8.00. The van der Waals surface area contributed by atoms with E-state index in [4.69, 9.17) is 5.73 Å². The molecule has 0 amide bonds. The molecule has 0 radical (unpaired) electrons. The molecule has 0 aliphatic carbocycles. The molecule has 90 valence electrons. The minimum Gasteiger partial charge on any atom is -0.353 e. The van der Waals surface area contributed by atoms with Crippen LogP contribution >= 0.6 is 23.1 Å². The smallest absolute Gasteiger partial charge is 0.208 e. The van der Waals surface area contributed by atoms with Crippen LogP contribution < -0.4 is 10.6 Å². The topological polar surface area (TPSA) is 80.8 Å². The minimum absolute atomic E-state index is 0.412. The monoisotopic (exact) mass is 268 g/mol. The third kappa shape index (κ3) is 3.11. The van der Waals surface area contributed by atoms with Gasteiger partial charge in [0.2, 0.25) is 5.13 Å². The summed E-state index contributed by atoms with van der Waals surface area (Å²) in [5.74, 6) is 0. The van der Waals surface area contributed by atoms with Crippen LogP contribution in [0.5, 0.6) is 0 Å². The fraction of sp³-hybridized carbons (Fsp3) is 0.333. The number of anilines is 1. The van der Waals surface area contributed by atoms with Gasteiger partial charge in [-0.05, 0) is 17.8 Å². The van der Waals surface area contributed by atoms with Crippen molar-refractivity contribution in [2.24, 2.45) is 5.73 Å². The molecule has 0 aliphatic heterocycles. The van der Waals surface area contributed by atoms with E-state index >= 15 is 0 Å². The van der Waals surface area contributed by atoms with Crippen molar-refractivity contribution in [2.45, 2.75) is 16.0 Å². The van der Waals surface area contributed by atoms with Crippen LogP contribution in [-0.4, -0.2) is 34.3 Å². The predicted molar refractivity (Wildman–Crippen MR) is 68.3 cm³/mol. The van der Waals surface area contributed by atoms with Crippen molar-refractivity contribution in [3.05, 3.63) is 18.0 Å². The van der Waals surface area contributed by atoms with E-state index in [-0.39, 0.29) is 0 Å². The summed E-state index contributed by atoms with van der Waals surface area (Å²) in [5, 5.41) is 9.63. The average molecular weight is 268 g/mol. The minimum atomic E-state index is 0.412. The van der Waals surface area contributed by atoms with Gasteiger partial charge in [0.05, 0.1) is 5.69 Å². The second-order valence-corrected chi connectivity index (χ2v) is 5.55. The molecule has 0 aromatic carbocycles. The zero-order chi connectivity index (χ0) is 12.3. The Bertz CT molecular complexity index is 498. The van der Waals surface area contributed by atoms with Crippen LogP contribution in [-0.2, 0) is 6.54 Å². The van der Waals surface area contributed by atoms with E-state index in [2.05, 4.69) is 20.2 Å². The molecule has 0 atom stereocenters. The van der Waals surface area contributed by atoms with Crippen molar-refractivity contribution in [3.63, 3.8) is 0 Å². The molecule has 0 saturated carbocycles.